The number of hydrogen-bond acceptors (Lipinski definition) is 6. The van der Waals surface area contributed by atoms with E-state index in [1.165, 1.54) is 16.9 Å². The van der Waals surface area contributed by atoms with Crippen LogP contribution in [-0.2, 0) is 20.0 Å². The predicted molar refractivity (Wildman–Crippen MR) is 129 cm³/mol. The van der Waals surface area contributed by atoms with E-state index in [1.54, 1.807) is 36.5 Å². The van der Waals surface area contributed by atoms with Gasteiger partial charge in [-0.15, -0.1) is 0 Å². The summed E-state index contributed by atoms with van der Waals surface area (Å²) < 4.78 is 49.3. The summed E-state index contributed by atoms with van der Waals surface area (Å²) in [5, 5.41) is 8.21. The molecule has 37 heavy (non-hydrogen) atoms. The molecule has 0 fully saturated rings. The van der Waals surface area contributed by atoms with Crippen molar-refractivity contribution in [2.24, 2.45) is 7.05 Å². The maximum Gasteiger partial charge on any atom is 0.408 e. The number of hydrogen-bond donors (Lipinski definition) is 0. The van der Waals surface area contributed by atoms with E-state index in [9.17, 15) is 18.0 Å². The molecule has 0 saturated heterocycles. The van der Waals surface area contributed by atoms with Crippen molar-refractivity contribution < 1.29 is 17.9 Å². The van der Waals surface area contributed by atoms with Crippen LogP contribution < -0.4 is 10.2 Å². The Morgan fingerprint density at radius 1 is 1.03 bits per heavy atom. The van der Waals surface area contributed by atoms with Gasteiger partial charge < -0.3 is 9.30 Å². The van der Waals surface area contributed by atoms with Crippen molar-refractivity contribution in [3.63, 3.8) is 0 Å². The number of pyridine rings is 1. The van der Waals surface area contributed by atoms with E-state index >= 15 is 0 Å². The zero-order valence-corrected chi connectivity index (χ0v) is 19.8. The number of aryl methyl sites for hydroxylation is 2. The first-order valence-electron chi connectivity index (χ1n) is 11.5. The van der Waals surface area contributed by atoms with Gasteiger partial charge in [-0.1, -0.05) is 18.2 Å². The molecule has 9 nitrogen and oxygen atoms in total. The summed E-state index contributed by atoms with van der Waals surface area (Å²) in [5.74, 6) is 0.565. The second kappa shape index (κ2) is 9.88. The van der Waals surface area contributed by atoms with Gasteiger partial charge in [0.05, 0.1) is 30.4 Å². The number of imidazole rings is 1. The van der Waals surface area contributed by atoms with Crippen molar-refractivity contribution in [1.82, 2.24) is 34.1 Å². The number of aromatic nitrogens is 7. The molecule has 0 amide bonds. The van der Waals surface area contributed by atoms with Gasteiger partial charge in [0.25, 0.3) is 5.43 Å². The molecule has 4 aromatic heterocycles. The summed E-state index contributed by atoms with van der Waals surface area (Å²) in [7, 11) is 1.86. The third kappa shape index (κ3) is 5.22. The van der Waals surface area contributed by atoms with E-state index in [-0.39, 0.29) is 23.7 Å². The summed E-state index contributed by atoms with van der Waals surface area (Å²) in [5.41, 5.74) is 1.60. The third-order valence-electron chi connectivity index (χ3n) is 5.68. The van der Waals surface area contributed by atoms with Crippen molar-refractivity contribution in [3.05, 3.63) is 83.2 Å². The molecule has 12 heteroatoms. The monoisotopic (exact) mass is 509 g/mol. The fourth-order valence-electron chi connectivity index (χ4n) is 4.01. The Hall–Kier alpha value is -4.48. The predicted octanol–water partition coefficient (Wildman–Crippen LogP) is 3.95. The van der Waals surface area contributed by atoms with Crippen LogP contribution >= 0.6 is 0 Å². The lowest BCUT2D eigenvalue weighted by molar-refractivity contribution is -0.142. The van der Waals surface area contributed by atoms with Crippen LogP contribution in [0.15, 0.2) is 71.9 Å². The number of para-hydroxylation sites is 1. The molecule has 0 N–H and O–H groups in total. The van der Waals surface area contributed by atoms with Crippen LogP contribution in [0.3, 0.4) is 0 Å². The van der Waals surface area contributed by atoms with Gasteiger partial charge in [-0.25, -0.2) is 14.6 Å². The molecule has 0 bridgehead atoms. The van der Waals surface area contributed by atoms with Gasteiger partial charge in [0.15, 0.2) is 17.1 Å². The number of nitrogens with zero attached hydrogens (tertiary/aromatic N) is 7. The average molecular weight is 509 g/mol. The zero-order chi connectivity index (χ0) is 26.0. The van der Waals surface area contributed by atoms with Gasteiger partial charge in [-0.05, 0) is 36.8 Å². The molecule has 0 aliphatic rings. The highest BCUT2D eigenvalue weighted by atomic mass is 19.4. The molecule has 0 saturated carbocycles. The number of rotatable bonds is 8. The number of ether oxygens (including phenoxy) is 1. The van der Waals surface area contributed by atoms with Gasteiger partial charge >= 0.3 is 6.18 Å². The zero-order valence-electron chi connectivity index (χ0n) is 19.8. The highest BCUT2D eigenvalue weighted by molar-refractivity contribution is 5.70. The Morgan fingerprint density at radius 2 is 1.84 bits per heavy atom. The topological polar surface area (TPSA) is 92.7 Å². The van der Waals surface area contributed by atoms with Gasteiger partial charge in [0.1, 0.15) is 17.9 Å². The third-order valence-corrected chi connectivity index (χ3v) is 5.68. The molecule has 0 aliphatic carbocycles. The molecule has 190 valence electrons. The summed E-state index contributed by atoms with van der Waals surface area (Å²) in [6, 6.07) is 14.1. The number of alkyl halides is 3. The van der Waals surface area contributed by atoms with Crippen LogP contribution in [0.5, 0.6) is 5.75 Å². The molecule has 5 aromatic rings. The summed E-state index contributed by atoms with van der Waals surface area (Å²) in [6.45, 7) is -1.28. The fraction of sp³-hybridized carbons (Fsp3) is 0.240. The number of halogens is 3. The second-order valence-electron chi connectivity index (χ2n) is 8.33. The normalized spacial score (nSPS) is 11.8. The first-order chi connectivity index (χ1) is 17.8. The highest BCUT2D eigenvalue weighted by Gasteiger charge is 2.29. The van der Waals surface area contributed by atoms with E-state index in [1.807, 2.05) is 23.7 Å². The van der Waals surface area contributed by atoms with Crippen molar-refractivity contribution in [2.75, 3.05) is 6.61 Å². The van der Waals surface area contributed by atoms with Crippen LogP contribution in [-0.4, -0.2) is 46.9 Å². The van der Waals surface area contributed by atoms with Crippen molar-refractivity contribution in [3.8, 4) is 22.8 Å². The van der Waals surface area contributed by atoms with Crippen molar-refractivity contribution in [1.29, 1.82) is 0 Å². The standard InChI is InChI=1S/C25H22F3N7O2/c1-33-21(31-18-9-5-12-29-24(18)33)10-6-14-37-20-15-34(16-25(26,27)28)32-22(23(20)36)19-11-13-30-35(19)17-7-3-2-4-8-17/h2-5,7-9,11-13,15H,6,10,14,16H2,1H3. The maximum absolute atomic E-state index is 13.3. The minimum Gasteiger partial charge on any atom is -0.488 e. The van der Waals surface area contributed by atoms with Crippen LogP contribution in [0.4, 0.5) is 13.2 Å². The Labute approximate surface area is 208 Å². The molecule has 4 heterocycles. The van der Waals surface area contributed by atoms with Crippen molar-refractivity contribution >= 4 is 11.2 Å². The van der Waals surface area contributed by atoms with Crippen LogP contribution in [0.25, 0.3) is 28.2 Å². The highest BCUT2D eigenvalue weighted by Crippen LogP contribution is 2.22. The lowest BCUT2D eigenvalue weighted by atomic mass is 10.2. The van der Waals surface area contributed by atoms with E-state index in [4.69, 9.17) is 4.74 Å². The summed E-state index contributed by atoms with van der Waals surface area (Å²) >= 11 is 0. The fourth-order valence-corrected chi connectivity index (χ4v) is 4.01. The molecule has 0 aliphatic heterocycles. The second-order valence-corrected chi connectivity index (χ2v) is 8.33. The minimum atomic E-state index is -4.54. The summed E-state index contributed by atoms with van der Waals surface area (Å²) in [6.07, 6.45) is 0.605. The molecule has 0 atom stereocenters. The van der Waals surface area contributed by atoms with Gasteiger partial charge in [-0.3, -0.25) is 9.48 Å². The lowest BCUT2D eigenvalue weighted by Crippen LogP contribution is -2.25. The SMILES string of the molecule is Cn1c(CCCOc2cn(CC(F)(F)F)nc(-c3ccnn3-c3ccccc3)c2=O)nc2cccnc21. The quantitative estimate of drug-likeness (QED) is 0.294. The molecule has 0 radical (unpaired) electrons. The molecule has 1 aromatic carbocycles. The van der Waals surface area contributed by atoms with Gasteiger partial charge in [0.2, 0.25) is 0 Å². The number of benzene rings is 1. The Kier molecular flexibility index (Phi) is 6.47. The molecule has 5 rings (SSSR count). The van der Waals surface area contributed by atoms with E-state index in [0.29, 0.717) is 23.2 Å². The molecule has 0 spiro atoms. The smallest absolute Gasteiger partial charge is 0.408 e. The first kappa shape index (κ1) is 24.2. The Bertz CT molecular complexity index is 1590. The van der Waals surface area contributed by atoms with Crippen molar-refractivity contribution in [2.45, 2.75) is 25.6 Å². The van der Waals surface area contributed by atoms with Crippen LogP contribution in [0.1, 0.15) is 12.2 Å². The van der Waals surface area contributed by atoms with Crippen LogP contribution in [0, 0.1) is 0 Å². The minimum absolute atomic E-state index is 0.0965. The molecular weight excluding hydrogens is 487 g/mol. The molecular formula is C25H22F3N7O2. The summed E-state index contributed by atoms with van der Waals surface area (Å²) in [4.78, 5) is 22.1. The van der Waals surface area contributed by atoms with Gasteiger partial charge in [-0.2, -0.15) is 23.4 Å². The number of fused-ring (bicyclic) bond motifs is 1. The lowest BCUT2D eigenvalue weighted by Gasteiger charge is -2.14. The first-order valence-corrected chi connectivity index (χ1v) is 11.5. The largest absolute Gasteiger partial charge is 0.488 e. The van der Waals surface area contributed by atoms with E-state index in [0.717, 1.165) is 23.2 Å². The Morgan fingerprint density at radius 3 is 2.59 bits per heavy atom. The Balaban J connectivity index is 1.41. The van der Waals surface area contributed by atoms with Gasteiger partial charge in [0, 0.05) is 19.7 Å². The van der Waals surface area contributed by atoms with Crippen LogP contribution in [0.2, 0.25) is 0 Å². The molecule has 0 unspecified atom stereocenters. The van der Waals surface area contributed by atoms with E-state index in [2.05, 4.69) is 20.2 Å². The maximum atomic E-state index is 13.3. The average Bonchev–Trinajstić information content (AvgIpc) is 3.48. The van der Waals surface area contributed by atoms with E-state index < -0.39 is 18.1 Å².